The van der Waals surface area contributed by atoms with Crippen molar-refractivity contribution in [1.29, 1.82) is 0 Å². The fourth-order valence-corrected chi connectivity index (χ4v) is 6.58. The van der Waals surface area contributed by atoms with Crippen LogP contribution in [0.2, 0.25) is 17.4 Å². The molecule has 0 rings (SSSR count). The van der Waals surface area contributed by atoms with Crippen LogP contribution in [-0.2, 0) is 0 Å². The maximum absolute atomic E-state index is 2.50. The van der Waals surface area contributed by atoms with E-state index < -0.39 is 21.2 Å². The molecule has 0 saturated carbocycles. The van der Waals surface area contributed by atoms with Crippen molar-refractivity contribution >= 4 is 21.2 Å². The molecule has 0 spiro atoms. The van der Waals surface area contributed by atoms with Crippen LogP contribution in [0.25, 0.3) is 0 Å². The standard InChI is InChI=1S/C3H7.3CH3.Pb/c1-3-2;;;;/h1,3H2,2H3;3*1H3;. The minimum atomic E-state index is -1.38. The molecule has 0 nitrogen and oxygen atoms in total. The Morgan fingerprint density at radius 2 is 1.57 bits per heavy atom. The van der Waals surface area contributed by atoms with E-state index in [1.165, 1.54) is 6.42 Å². The van der Waals surface area contributed by atoms with Crippen LogP contribution in [0.15, 0.2) is 0 Å². The van der Waals surface area contributed by atoms with Crippen LogP contribution in [-0.4, -0.2) is 21.2 Å². The summed E-state index contributed by atoms with van der Waals surface area (Å²) in [6.07, 6.45) is 1.41. The molecule has 0 aromatic carbocycles. The molecule has 0 bridgehead atoms. The number of hydrogen-bond donors (Lipinski definition) is 0. The van der Waals surface area contributed by atoms with Gasteiger partial charge in [0.2, 0.25) is 0 Å². The molecule has 0 aromatic heterocycles. The summed E-state index contributed by atoms with van der Waals surface area (Å²) in [5.41, 5.74) is 0. The maximum atomic E-state index is 2.50. The fraction of sp³-hybridized carbons (Fsp3) is 1.00. The quantitative estimate of drug-likeness (QED) is 0.687. The van der Waals surface area contributed by atoms with E-state index in [9.17, 15) is 0 Å². The summed E-state index contributed by atoms with van der Waals surface area (Å²) in [6.45, 7) is 2.28. The van der Waals surface area contributed by atoms with Crippen LogP contribution < -0.4 is 0 Å². The van der Waals surface area contributed by atoms with Gasteiger partial charge in [-0.15, -0.1) is 0 Å². The van der Waals surface area contributed by atoms with E-state index in [0.29, 0.717) is 0 Å². The Kier molecular flexibility index (Phi) is 3.45. The monoisotopic (exact) mass is 296 g/mol. The first-order valence-electron chi connectivity index (χ1n) is 3.06. The van der Waals surface area contributed by atoms with Crippen LogP contribution >= 0.6 is 0 Å². The van der Waals surface area contributed by atoms with Gasteiger partial charge in [0, 0.05) is 0 Å². The molecule has 0 saturated heterocycles. The fourth-order valence-electron chi connectivity index (χ4n) is 0.750. The van der Waals surface area contributed by atoms with Crippen molar-refractivity contribution in [3.63, 3.8) is 0 Å². The van der Waals surface area contributed by atoms with Gasteiger partial charge in [-0.05, 0) is 0 Å². The molecule has 0 atom stereocenters. The summed E-state index contributed by atoms with van der Waals surface area (Å²) in [5, 5.41) is 0. The Morgan fingerprint density at radius 3 is 1.57 bits per heavy atom. The third-order valence-electron chi connectivity index (χ3n) is 1.000. The molecular weight excluding hydrogens is 279 g/mol. The van der Waals surface area contributed by atoms with Crippen LogP contribution in [0.1, 0.15) is 13.3 Å². The van der Waals surface area contributed by atoms with Crippen LogP contribution in [0, 0.1) is 0 Å². The molecule has 1 heteroatoms. The molecule has 44 valence electrons. The summed E-state index contributed by atoms with van der Waals surface area (Å²) in [7, 11) is 0. The predicted octanol–water partition coefficient (Wildman–Crippen LogP) is 2.73. The van der Waals surface area contributed by atoms with Gasteiger partial charge in [-0.1, -0.05) is 0 Å². The van der Waals surface area contributed by atoms with Gasteiger partial charge in [-0.25, -0.2) is 0 Å². The zero-order valence-electron chi connectivity index (χ0n) is 5.91. The van der Waals surface area contributed by atoms with Crippen molar-refractivity contribution in [2.75, 3.05) is 0 Å². The van der Waals surface area contributed by atoms with E-state index in [4.69, 9.17) is 0 Å². The van der Waals surface area contributed by atoms with E-state index in [1.807, 2.05) is 0 Å². The first kappa shape index (κ1) is 7.92. The van der Waals surface area contributed by atoms with Gasteiger partial charge < -0.3 is 0 Å². The third kappa shape index (κ3) is 6.92. The molecule has 0 unspecified atom stereocenters. The van der Waals surface area contributed by atoms with E-state index in [2.05, 4.69) is 20.4 Å². The topological polar surface area (TPSA) is 0 Å². The average Bonchev–Trinajstić information content (AvgIpc) is 1.30. The van der Waals surface area contributed by atoms with Crippen molar-refractivity contribution < 1.29 is 0 Å². The predicted molar refractivity (Wildman–Crippen MR) is 38.4 cm³/mol. The van der Waals surface area contributed by atoms with Crippen molar-refractivity contribution in [2.45, 2.75) is 30.8 Å². The second kappa shape index (κ2) is 3.05. The average molecular weight is 295 g/mol. The molecule has 0 N–H and O–H groups in total. The van der Waals surface area contributed by atoms with E-state index in [1.54, 1.807) is 3.98 Å². The molecule has 0 fully saturated rings. The zero-order valence-corrected chi connectivity index (χ0v) is 9.80. The van der Waals surface area contributed by atoms with Gasteiger partial charge in [0.05, 0.1) is 0 Å². The molecule has 0 aliphatic rings. The second-order valence-corrected chi connectivity index (χ2v) is 25.2. The molecule has 0 amide bonds. The van der Waals surface area contributed by atoms with Crippen LogP contribution in [0.3, 0.4) is 0 Å². The van der Waals surface area contributed by atoms with E-state index >= 15 is 0 Å². The van der Waals surface area contributed by atoms with Crippen molar-refractivity contribution in [1.82, 2.24) is 0 Å². The molecule has 0 heterocycles. The molecule has 0 aliphatic heterocycles. The Bertz CT molecular complexity index is 42.6. The molecule has 7 heavy (non-hydrogen) atoms. The minimum absolute atomic E-state index is 1.38. The SMILES string of the molecule is CC[CH2][Pb]([CH3])([CH3])[CH3]. The van der Waals surface area contributed by atoms with E-state index in [0.717, 1.165) is 0 Å². The Hall–Kier alpha value is 0.922. The summed E-state index contributed by atoms with van der Waals surface area (Å²) in [6, 6.07) is 0. The normalized spacial score (nSPS) is 12.0. The summed E-state index contributed by atoms with van der Waals surface area (Å²) >= 11 is -1.38. The van der Waals surface area contributed by atoms with Crippen molar-refractivity contribution in [2.24, 2.45) is 0 Å². The molecule has 0 aliphatic carbocycles. The Labute approximate surface area is 52.0 Å². The van der Waals surface area contributed by atoms with Crippen LogP contribution in [0.5, 0.6) is 0 Å². The second-order valence-electron chi connectivity index (χ2n) is 3.31. The zero-order chi connectivity index (χ0) is 5.91. The number of rotatable bonds is 2. The first-order valence-corrected chi connectivity index (χ1v) is 17.5. The van der Waals surface area contributed by atoms with Gasteiger partial charge in [-0.2, -0.15) is 0 Å². The van der Waals surface area contributed by atoms with E-state index in [-0.39, 0.29) is 0 Å². The van der Waals surface area contributed by atoms with Crippen molar-refractivity contribution in [3.05, 3.63) is 0 Å². The Morgan fingerprint density at radius 1 is 1.14 bits per heavy atom. The van der Waals surface area contributed by atoms with Gasteiger partial charge in [0.1, 0.15) is 0 Å². The van der Waals surface area contributed by atoms with Crippen molar-refractivity contribution in [3.8, 4) is 0 Å². The van der Waals surface area contributed by atoms with Crippen LogP contribution in [0.4, 0.5) is 0 Å². The summed E-state index contributed by atoms with van der Waals surface area (Å²) in [4.78, 5) is 0. The summed E-state index contributed by atoms with van der Waals surface area (Å²) < 4.78 is 9.05. The Balaban J connectivity index is 3.15. The number of hydrogen-bond acceptors (Lipinski definition) is 0. The van der Waals surface area contributed by atoms with Gasteiger partial charge in [0.15, 0.2) is 0 Å². The molecule has 0 aromatic rings. The van der Waals surface area contributed by atoms with Gasteiger partial charge in [0.25, 0.3) is 0 Å². The first-order chi connectivity index (χ1) is 3.06. The summed E-state index contributed by atoms with van der Waals surface area (Å²) in [5.74, 6) is 0. The van der Waals surface area contributed by atoms with Gasteiger partial charge >= 0.3 is 51.9 Å². The third-order valence-corrected chi connectivity index (χ3v) is 8.77. The van der Waals surface area contributed by atoms with Gasteiger partial charge in [-0.3, -0.25) is 0 Å². The molecular formula is C6H16Pb. The molecule has 0 radical (unpaired) electrons.